The second-order valence-electron chi connectivity index (χ2n) is 12.0. The van der Waals surface area contributed by atoms with Crippen molar-refractivity contribution in [3.63, 3.8) is 0 Å². The monoisotopic (exact) mass is 396 g/mol. The first-order valence-electron chi connectivity index (χ1n) is 11.6. The standard InChI is InChI=1S/C24H48N2O2/c1-21(2)13-11-19(17-23(5,6)25-21)27-15-9-10-16-28-20-12-14-22(3,4)26-24(7,8)18-20/h19-20,25-26H,9-18H2,1-8H3. The van der Waals surface area contributed by atoms with Crippen molar-refractivity contribution in [1.29, 1.82) is 0 Å². The van der Waals surface area contributed by atoms with Crippen molar-refractivity contribution in [2.24, 2.45) is 0 Å². The zero-order valence-corrected chi connectivity index (χ0v) is 20.0. The van der Waals surface area contributed by atoms with Crippen LogP contribution in [0.3, 0.4) is 0 Å². The highest BCUT2D eigenvalue weighted by Crippen LogP contribution is 2.30. The van der Waals surface area contributed by atoms with Gasteiger partial charge < -0.3 is 20.1 Å². The molecule has 0 aliphatic carbocycles. The van der Waals surface area contributed by atoms with Gasteiger partial charge in [-0.15, -0.1) is 0 Å². The molecule has 4 heteroatoms. The highest BCUT2D eigenvalue weighted by atomic mass is 16.5. The van der Waals surface area contributed by atoms with Gasteiger partial charge in [0, 0.05) is 35.4 Å². The molecule has 2 aliphatic rings. The van der Waals surface area contributed by atoms with Crippen LogP contribution in [0.15, 0.2) is 0 Å². The lowest BCUT2D eigenvalue weighted by molar-refractivity contribution is 0.0112. The van der Waals surface area contributed by atoms with Crippen LogP contribution >= 0.6 is 0 Å². The predicted octanol–water partition coefficient (Wildman–Crippen LogP) is 5.20. The zero-order valence-electron chi connectivity index (χ0n) is 20.0. The Hall–Kier alpha value is -0.160. The highest BCUT2D eigenvalue weighted by molar-refractivity contribution is 4.95. The first kappa shape index (κ1) is 24.1. The summed E-state index contributed by atoms with van der Waals surface area (Å²) in [6, 6.07) is 0. The quantitative estimate of drug-likeness (QED) is 0.581. The van der Waals surface area contributed by atoms with E-state index in [2.05, 4.69) is 66.0 Å². The molecule has 2 unspecified atom stereocenters. The Morgan fingerprint density at radius 2 is 0.964 bits per heavy atom. The van der Waals surface area contributed by atoms with E-state index in [4.69, 9.17) is 9.47 Å². The van der Waals surface area contributed by atoms with E-state index in [0.29, 0.717) is 12.2 Å². The third-order valence-corrected chi connectivity index (χ3v) is 6.26. The van der Waals surface area contributed by atoms with Crippen LogP contribution in [0, 0.1) is 0 Å². The SMILES string of the molecule is CC1(C)CCC(OCCCCOC2CCC(C)(C)NC(C)(C)C2)CC(C)(C)N1. The van der Waals surface area contributed by atoms with Gasteiger partial charge >= 0.3 is 0 Å². The van der Waals surface area contributed by atoms with E-state index in [0.717, 1.165) is 51.7 Å². The average Bonchev–Trinajstić information content (AvgIpc) is 2.67. The molecule has 0 amide bonds. The summed E-state index contributed by atoms with van der Waals surface area (Å²) < 4.78 is 12.5. The molecule has 0 radical (unpaired) electrons. The number of nitrogens with one attached hydrogen (secondary N) is 2. The van der Waals surface area contributed by atoms with Gasteiger partial charge in [0.15, 0.2) is 0 Å². The minimum Gasteiger partial charge on any atom is -0.378 e. The Morgan fingerprint density at radius 1 is 0.607 bits per heavy atom. The lowest BCUT2D eigenvalue weighted by Gasteiger charge is -2.34. The van der Waals surface area contributed by atoms with Gasteiger partial charge in [0.2, 0.25) is 0 Å². The number of hydrogen-bond acceptors (Lipinski definition) is 4. The number of ether oxygens (including phenoxy) is 2. The second kappa shape index (κ2) is 9.32. The van der Waals surface area contributed by atoms with Crippen LogP contribution in [0.2, 0.25) is 0 Å². The molecule has 0 aromatic carbocycles. The molecule has 2 heterocycles. The molecule has 2 atom stereocenters. The molecule has 2 N–H and O–H groups in total. The van der Waals surface area contributed by atoms with Gasteiger partial charge in [0.05, 0.1) is 12.2 Å². The summed E-state index contributed by atoms with van der Waals surface area (Å²) in [5.41, 5.74) is 0.681. The first-order chi connectivity index (χ1) is 12.8. The smallest absolute Gasteiger partial charge is 0.0593 e. The van der Waals surface area contributed by atoms with Crippen molar-refractivity contribution in [1.82, 2.24) is 10.6 Å². The Bertz CT molecular complexity index is 441. The lowest BCUT2D eigenvalue weighted by Crippen LogP contribution is -2.50. The van der Waals surface area contributed by atoms with E-state index in [1.807, 2.05) is 0 Å². The Balaban J connectivity index is 1.64. The summed E-state index contributed by atoms with van der Waals surface area (Å²) >= 11 is 0. The van der Waals surface area contributed by atoms with Crippen LogP contribution in [-0.4, -0.2) is 47.6 Å². The molecule has 0 saturated carbocycles. The largest absolute Gasteiger partial charge is 0.378 e. The van der Waals surface area contributed by atoms with Crippen molar-refractivity contribution in [2.75, 3.05) is 13.2 Å². The molecule has 2 saturated heterocycles. The molecule has 2 aliphatic heterocycles. The minimum absolute atomic E-state index is 0.141. The average molecular weight is 397 g/mol. The number of rotatable bonds is 7. The van der Waals surface area contributed by atoms with Crippen LogP contribution < -0.4 is 10.6 Å². The van der Waals surface area contributed by atoms with E-state index in [-0.39, 0.29) is 22.2 Å². The minimum atomic E-state index is 0.141. The molecular weight excluding hydrogens is 348 g/mol. The number of unbranched alkanes of at least 4 members (excludes halogenated alkanes) is 1. The Labute approximate surface area is 174 Å². The van der Waals surface area contributed by atoms with Gasteiger partial charge in [-0.1, -0.05) is 0 Å². The molecular formula is C24H48N2O2. The van der Waals surface area contributed by atoms with Gasteiger partial charge in [-0.3, -0.25) is 0 Å². The fraction of sp³-hybridized carbons (Fsp3) is 1.00. The lowest BCUT2D eigenvalue weighted by atomic mass is 9.96. The topological polar surface area (TPSA) is 42.5 Å². The van der Waals surface area contributed by atoms with Crippen LogP contribution in [0.1, 0.15) is 107 Å². The Kier molecular flexibility index (Phi) is 8.03. The molecule has 4 nitrogen and oxygen atoms in total. The molecule has 2 rings (SSSR count). The van der Waals surface area contributed by atoms with Crippen LogP contribution in [0.25, 0.3) is 0 Å². The maximum atomic E-state index is 6.26. The van der Waals surface area contributed by atoms with Gasteiger partial charge in [-0.05, 0) is 107 Å². The summed E-state index contributed by atoms with van der Waals surface area (Å²) in [6.07, 6.45) is 9.76. The molecule has 0 aromatic rings. The molecule has 0 aromatic heterocycles. The third-order valence-electron chi connectivity index (χ3n) is 6.26. The summed E-state index contributed by atoms with van der Waals surface area (Å²) in [5, 5.41) is 7.57. The third kappa shape index (κ3) is 8.69. The highest BCUT2D eigenvalue weighted by Gasteiger charge is 2.35. The van der Waals surface area contributed by atoms with Gasteiger partial charge in [0.25, 0.3) is 0 Å². The van der Waals surface area contributed by atoms with Gasteiger partial charge in [-0.2, -0.15) is 0 Å². The van der Waals surface area contributed by atoms with E-state index in [9.17, 15) is 0 Å². The van der Waals surface area contributed by atoms with E-state index in [1.165, 1.54) is 12.8 Å². The fourth-order valence-electron chi connectivity index (χ4n) is 5.43. The van der Waals surface area contributed by atoms with E-state index >= 15 is 0 Å². The van der Waals surface area contributed by atoms with Crippen LogP contribution in [-0.2, 0) is 9.47 Å². The molecule has 2 fully saturated rings. The molecule has 166 valence electrons. The second-order valence-corrected chi connectivity index (χ2v) is 12.0. The van der Waals surface area contributed by atoms with Crippen LogP contribution in [0.5, 0.6) is 0 Å². The summed E-state index contributed by atoms with van der Waals surface area (Å²) in [5.74, 6) is 0. The van der Waals surface area contributed by atoms with Crippen molar-refractivity contribution < 1.29 is 9.47 Å². The van der Waals surface area contributed by atoms with Gasteiger partial charge in [0.1, 0.15) is 0 Å². The number of hydrogen-bond donors (Lipinski definition) is 2. The maximum Gasteiger partial charge on any atom is 0.0593 e. The molecule has 0 spiro atoms. The first-order valence-corrected chi connectivity index (χ1v) is 11.6. The summed E-state index contributed by atoms with van der Waals surface area (Å²) in [6.45, 7) is 20.1. The van der Waals surface area contributed by atoms with Crippen molar-refractivity contribution in [3.05, 3.63) is 0 Å². The van der Waals surface area contributed by atoms with E-state index in [1.54, 1.807) is 0 Å². The normalized spacial score (nSPS) is 31.7. The van der Waals surface area contributed by atoms with Gasteiger partial charge in [-0.25, -0.2) is 0 Å². The van der Waals surface area contributed by atoms with Crippen molar-refractivity contribution in [3.8, 4) is 0 Å². The summed E-state index contributed by atoms with van der Waals surface area (Å²) in [4.78, 5) is 0. The Morgan fingerprint density at radius 3 is 1.32 bits per heavy atom. The predicted molar refractivity (Wildman–Crippen MR) is 119 cm³/mol. The van der Waals surface area contributed by atoms with Crippen molar-refractivity contribution >= 4 is 0 Å². The zero-order chi connectivity index (χ0) is 21.1. The summed E-state index contributed by atoms with van der Waals surface area (Å²) in [7, 11) is 0. The molecule has 28 heavy (non-hydrogen) atoms. The van der Waals surface area contributed by atoms with Crippen LogP contribution in [0.4, 0.5) is 0 Å². The fourth-order valence-corrected chi connectivity index (χ4v) is 5.43. The van der Waals surface area contributed by atoms with Crippen molar-refractivity contribution in [2.45, 2.75) is 141 Å². The maximum absolute atomic E-state index is 6.26. The van der Waals surface area contributed by atoms with E-state index < -0.39 is 0 Å². The molecule has 0 bridgehead atoms.